The predicted molar refractivity (Wildman–Crippen MR) is 240 cm³/mol. The molecule has 0 N–H and O–H groups in total. The molecule has 266 valence electrons. The minimum absolute atomic E-state index is 0.185. The molecule has 0 aliphatic heterocycles. The first-order chi connectivity index (χ1) is 40.8. The Balaban J connectivity index is 1.36. The molecule has 3 heterocycles. The lowest BCUT2D eigenvalue weighted by Crippen LogP contribution is -2.03. The van der Waals surface area contributed by atoms with Crippen LogP contribution in [0.15, 0.2) is 212 Å². The lowest BCUT2D eigenvalue weighted by atomic mass is 9.99. The fourth-order valence-corrected chi connectivity index (χ4v) is 7.40. The van der Waals surface area contributed by atoms with E-state index in [1.54, 1.807) is 0 Å². The molecule has 9 aromatic carbocycles. The van der Waals surface area contributed by atoms with Crippen LogP contribution >= 0.6 is 0 Å². The lowest BCUT2D eigenvalue weighted by molar-refractivity contribution is 1.11. The zero-order chi connectivity index (χ0) is 63.6. The topological polar surface area (TPSA) is 14.8 Å². The van der Waals surface area contributed by atoms with Gasteiger partial charge in [0.15, 0.2) is 0 Å². The van der Waals surface area contributed by atoms with Gasteiger partial charge < -0.3 is 13.7 Å². The zero-order valence-corrected chi connectivity index (χ0v) is 28.7. The van der Waals surface area contributed by atoms with Crippen molar-refractivity contribution in [1.82, 2.24) is 13.7 Å². The molecule has 57 heavy (non-hydrogen) atoms. The molecule has 0 unspecified atom stereocenters. The second kappa shape index (κ2) is 12.5. The van der Waals surface area contributed by atoms with E-state index in [0.29, 0.717) is 0 Å². The number of hydrogen-bond donors (Lipinski definition) is 0. The highest BCUT2D eigenvalue weighted by atomic mass is 15.1. The highest BCUT2D eigenvalue weighted by Crippen LogP contribution is 2.43. The Labute approximate surface area is 371 Å². The molecular formula is C54H35N3. The highest BCUT2D eigenvalue weighted by Gasteiger charge is 2.23. The Bertz CT molecular complexity index is 5260. The van der Waals surface area contributed by atoms with Crippen LogP contribution in [0.2, 0.25) is 0 Å². The first-order valence-corrected chi connectivity index (χ1v) is 17.2. The van der Waals surface area contributed by atoms with Gasteiger partial charge in [-0.15, -0.1) is 0 Å². The van der Waals surface area contributed by atoms with Crippen molar-refractivity contribution in [3.05, 3.63) is 212 Å². The minimum Gasteiger partial charge on any atom is -0.307 e. The quantitative estimate of drug-likeness (QED) is 0.166. The van der Waals surface area contributed by atoms with E-state index in [4.69, 9.17) is 21.9 Å². The Hall–Kier alpha value is -7.62. The van der Waals surface area contributed by atoms with Gasteiger partial charge in [-0.2, -0.15) is 0 Å². The van der Waals surface area contributed by atoms with Crippen LogP contribution in [0.5, 0.6) is 0 Å². The molecule has 3 nitrogen and oxygen atoms in total. The van der Waals surface area contributed by atoms with E-state index in [-0.39, 0.29) is 16.6 Å². The van der Waals surface area contributed by atoms with Crippen molar-refractivity contribution in [3.63, 3.8) is 0 Å². The number of nitrogens with zero attached hydrogens (tertiary/aromatic N) is 3. The standard InChI is InChI=1S/C54H35N3/c1-2-16-36(17-3-1)37-18-12-19-38(34-37)39-20-13-21-40(35-39)55-47-28-8-6-24-43(47)45-26-15-33-52(53(45)55)57-50-31-11-7-25-44(50)46-27-14-32-51(54(46)57)56-48-29-9-4-22-41(48)42-23-5-10-30-49(42)56/h1-35H/i1D,2D,3D,4D,6D,7D,8D,9D,10D,11D,12D,14D,15D,16D,17D,18D,19D,22D,23D,24D,25D,26D,27D,28D,29D,30D,31D,32D,33D,34D. The lowest BCUT2D eigenvalue weighted by Gasteiger charge is -2.17. The molecule has 0 bridgehead atoms. The van der Waals surface area contributed by atoms with E-state index in [2.05, 4.69) is 0 Å². The molecule has 12 rings (SSSR count). The smallest absolute Gasteiger partial charge is 0.0783 e. The summed E-state index contributed by atoms with van der Waals surface area (Å²) in [4.78, 5) is 0. The van der Waals surface area contributed by atoms with Crippen molar-refractivity contribution in [2.75, 3.05) is 0 Å². The third-order valence-corrected chi connectivity index (χ3v) is 9.69. The van der Waals surface area contributed by atoms with Crippen LogP contribution in [0.25, 0.3) is 105 Å². The van der Waals surface area contributed by atoms with Crippen LogP contribution in [-0.2, 0) is 0 Å². The molecule has 0 radical (unpaired) electrons. The Morgan fingerprint density at radius 2 is 0.789 bits per heavy atom. The zero-order valence-electron chi connectivity index (χ0n) is 58.7. The van der Waals surface area contributed by atoms with E-state index in [0.717, 1.165) is 19.8 Å². The van der Waals surface area contributed by atoms with Gasteiger partial charge in [0.1, 0.15) is 0 Å². The van der Waals surface area contributed by atoms with E-state index in [1.165, 1.54) is 24.3 Å². The number of para-hydroxylation sites is 6. The fourth-order valence-electron chi connectivity index (χ4n) is 7.40. The van der Waals surface area contributed by atoms with Gasteiger partial charge in [0.05, 0.1) is 85.6 Å². The third-order valence-electron chi connectivity index (χ3n) is 9.69. The molecule has 0 amide bonds. The molecular weight excluding hydrogens is 691 g/mol. The maximum absolute atomic E-state index is 10.0. The average molecular weight is 756 g/mol. The highest BCUT2D eigenvalue weighted by molar-refractivity contribution is 6.17. The molecule has 12 aromatic rings. The molecule has 0 aliphatic carbocycles. The van der Waals surface area contributed by atoms with Gasteiger partial charge in [-0.3, -0.25) is 0 Å². The van der Waals surface area contributed by atoms with Crippen LogP contribution in [0.4, 0.5) is 0 Å². The largest absolute Gasteiger partial charge is 0.307 e. The van der Waals surface area contributed by atoms with E-state index in [1.807, 2.05) is 0 Å². The summed E-state index contributed by atoms with van der Waals surface area (Å²) in [5, 5.41) is -2.98. The fraction of sp³-hybridized carbons (Fsp3) is 0. The van der Waals surface area contributed by atoms with Crippen LogP contribution in [-0.4, -0.2) is 13.7 Å². The van der Waals surface area contributed by atoms with Crippen molar-refractivity contribution in [1.29, 1.82) is 0 Å². The number of benzene rings is 9. The van der Waals surface area contributed by atoms with Gasteiger partial charge in [-0.05, 0) is 76.7 Å². The molecule has 0 atom stereocenters. The molecule has 0 aliphatic rings. The van der Waals surface area contributed by atoms with Crippen molar-refractivity contribution in [3.8, 4) is 39.3 Å². The third kappa shape index (κ3) is 4.73. The van der Waals surface area contributed by atoms with Crippen molar-refractivity contribution >= 4 is 65.4 Å². The first-order valence-electron chi connectivity index (χ1n) is 32.2. The molecule has 0 saturated heterocycles. The van der Waals surface area contributed by atoms with Crippen LogP contribution < -0.4 is 0 Å². The molecule has 3 heteroatoms. The number of rotatable bonds is 5. The normalized spacial score (nSPS) is 19.2. The Morgan fingerprint density at radius 3 is 1.49 bits per heavy atom. The van der Waals surface area contributed by atoms with Crippen molar-refractivity contribution in [2.45, 2.75) is 0 Å². The average Bonchev–Trinajstić information content (AvgIpc) is 1.54. The Kier molecular flexibility index (Phi) is 3.09. The number of hydrogen-bond acceptors (Lipinski definition) is 0. The van der Waals surface area contributed by atoms with Crippen LogP contribution in [0.1, 0.15) is 41.1 Å². The SMILES string of the molecule is [2H]c1cc([2H])c2c3c([2H])c([2H])c([2H])c([2H])c3n(-c3c([2H])c([2H])c([2H])c4c5c([2H])c([2H])c([2H])c([2H])c5n(-c5c([2H])c([2H])c([2H])c6c7c([2H])c([2H])c([2H])c([2H])c7n(-c7cccc(-c8c([2H])c([2H])c([2H])c(-c9c([2H])c([2H])c([2H])c([2H])c9[2H])c8[2H])c7)c56)c34)c2c1[2H]. The van der Waals surface area contributed by atoms with Gasteiger partial charge in [-0.25, -0.2) is 0 Å². The number of aromatic nitrogens is 3. The summed E-state index contributed by atoms with van der Waals surface area (Å²) < 4.78 is 277. The minimum atomic E-state index is -1.00. The maximum atomic E-state index is 10.0. The summed E-state index contributed by atoms with van der Waals surface area (Å²) in [7, 11) is 0. The second-order valence-corrected chi connectivity index (χ2v) is 12.7. The number of fused-ring (bicyclic) bond motifs is 9. The molecule has 0 saturated carbocycles. The summed E-state index contributed by atoms with van der Waals surface area (Å²) in [6.07, 6.45) is 0. The molecule has 3 aromatic heterocycles. The summed E-state index contributed by atoms with van der Waals surface area (Å²) in [6.45, 7) is 0. The van der Waals surface area contributed by atoms with Gasteiger partial charge in [0.25, 0.3) is 0 Å². The molecule has 0 fully saturated rings. The first kappa shape index (κ1) is 14.1. The Morgan fingerprint density at radius 1 is 0.316 bits per heavy atom. The van der Waals surface area contributed by atoms with Gasteiger partial charge in [0.2, 0.25) is 0 Å². The molecule has 0 spiro atoms. The summed E-state index contributed by atoms with van der Waals surface area (Å²) in [5.41, 5.74) is -7.10. The van der Waals surface area contributed by atoms with Crippen LogP contribution in [0.3, 0.4) is 0 Å². The maximum Gasteiger partial charge on any atom is 0.0783 e. The van der Waals surface area contributed by atoms with E-state index >= 15 is 0 Å². The van der Waals surface area contributed by atoms with Gasteiger partial charge in [-0.1, -0.05) is 157 Å². The monoisotopic (exact) mass is 755 g/mol. The summed E-state index contributed by atoms with van der Waals surface area (Å²) >= 11 is 0. The van der Waals surface area contributed by atoms with Gasteiger partial charge >= 0.3 is 0 Å². The van der Waals surface area contributed by atoms with Crippen molar-refractivity contribution < 1.29 is 41.1 Å². The summed E-state index contributed by atoms with van der Waals surface area (Å²) in [6, 6.07) is -19.3. The van der Waals surface area contributed by atoms with Gasteiger partial charge in [0, 0.05) is 38.0 Å². The predicted octanol–water partition coefficient (Wildman–Crippen LogP) is 14.3. The van der Waals surface area contributed by atoms with Crippen LogP contribution in [0, 0.1) is 0 Å². The van der Waals surface area contributed by atoms with Crippen molar-refractivity contribution in [2.24, 2.45) is 0 Å². The second-order valence-electron chi connectivity index (χ2n) is 12.7. The summed E-state index contributed by atoms with van der Waals surface area (Å²) in [5.74, 6) is 0. The van der Waals surface area contributed by atoms with E-state index in [9.17, 15) is 19.2 Å². The van der Waals surface area contributed by atoms with E-state index < -0.39 is 269 Å².